The van der Waals surface area contributed by atoms with Crippen LogP contribution in [0.5, 0.6) is 0 Å². The lowest BCUT2D eigenvalue weighted by atomic mass is 10.1. The van der Waals surface area contributed by atoms with Crippen molar-refractivity contribution in [1.82, 2.24) is 5.32 Å². The minimum absolute atomic E-state index is 0.220. The molecule has 168 valence electrons. The topological polar surface area (TPSA) is 92.3 Å². The van der Waals surface area contributed by atoms with Crippen LogP contribution in [0.1, 0.15) is 27.2 Å². The van der Waals surface area contributed by atoms with E-state index in [1.165, 1.54) is 6.07 Å². The molecule has 0 spiro atoms. The van der Waals surface area contributed by atoms with Crippen LogP contribution < -0.4 is 15.5 Å². The number of morpholine rings is 1. The van der Waals surface area contributed by atoms with Gasteiger partial charge in [-0.2, -0.15) is 0 Å². The van der Waals surface area contributed by atoms with Crippen LogP contribution in [-0.2, 0) is 14.3 Å². The molecule has 3 rings (SSSR count). The average Bonchev–Trinajstić information content (AvgIpc) is 3.12. The molecule has 8 nitrogen and oxygen atoms in total. The number of carbonyl (C=O) groups excluding carboxylic acids is 2. The number of ether oxygens (including phenoxy) is 2. The molecule has 0 unspecified atom stereocenters. The molecule has 0 saturated carbocycles. The lowest BCUT2D eigenvalue weighted by molar-refractivity contribution is -0.110. The van der Waals surface area contributed by atoms with Crippen LogP contribution in [0.25, 0.3) is 0 Å². The van der Waals surface area contributed by atoms with Crippen LogP contribution in [0.3, 0.4) is 0 Å². The van der Waals surface area contributed by atoms with Gasteiger partial charge in [0.2, 0.25) is 0 Å². The van der Waals surface area contributed by atoms with E-state index in [9.17, 15) is 14.0 Å². The SMILES string of the molecule is CC(C)(C)OC(=O)NC[C@H]1CN(c2c(F)cccc2NC(=O)C2=NC(Br)=CC2)CCO1. The Morgan fingerprint density at radius 1 is 1.39 bits per heavy atom. The molecular weight excluding hydrogens is 471 g/mol. The molecule has 2 amide bonds. The maximum atomic E-state index is 14.8. The van der Waals surface area contributed by atoms with E-state index in [1.807, 2.05) is 0 Å². The van der Waals surface area contributed by atoms with Crippen molar-refractivity contribution in [2.24, 2.45) is 4.99 Å². The Labute approximate surface area is 189 Å². The first kappa shape index (κ1) is 23.2. The normalized spacial score (nSPS) is 18.9. The quantitative estimate of drug-likeness (QED) is 0.607. The maximum Gasteiger partial charge on any atom is 0.407 e. The van der Waals surface area contributed by atoms with Gasteiger partial charge in [-0.25, -0.2) is 14.2 Å². The molecule has 10 heteroatoms. The number of benzene rings is 1. The molecular formula is C21H26BrFN4O4. The van der Waals surface area contributed by atoms with E-state index < -0.39 is 17.5 Å². The van der Waals surface area contributed by atoms with E-state index in [0.717, 1.165) is 0 Å². The van der Waals surface area contributed by atoms with E-state index in [1.54, 1.807) is 43.9 Å². The first-order chi connectivity index (χ1) is 14.6. The van der Waals surface area contributed by atoms with E-state index in [2.05, 4.69) is 31.6 Å². The third kappa shape index (κ3) is 6.51. The standard InChI is InChI=1S/C21H26BrFN4O4/c1-21(2,3)31-20(29)24-11-13-12-27(9-10-30-13)18-14(23)5-4-6-15(18)26-19(28)16-7-8-17(22)25-16/h4-6,8,13H,7,9-12H2,1-3H3,(H,24,29)(H,26,28)/t13-/m0/s1. The van der Waals surface area contributed by atoms with Gasteiger partial charge in [-0.3, -0.25) is 4.79 Å². The summed E-state index contributed by atoms with van der Waals surface area (Å²) >= 11 is 3.24. The number of para-hydroxylation sites is 1. The highest BCUT2D eigenvalue weighted by Gasteiger charge is 2.27. The number of aliphatic imine (C=N–C) groups is 1. The van der Waals surface area contributed by atoms with Gasteiger partial charge in [0.15, 0.2) is 0 Å². The Morgan fingerprint density at radius 3 is 2.84 bits per heavy atom. The van der Waals surface area contributed by atoms with Gasteiger partial charge in [0.05, 0.1) is 24.1 Å². The second-order valence-corrected chi connectivity index (χ2v) is 9.01. The number of carbonyl (C=O) groups is 2. The second kappa shape index (κ2) is 9.78. The van der Waals surface area contributed by atoms with E-state index in [-0.39, 0.29) is 24.2 Å². The summed E-state index contributed by atoms with van der Waals surface area (Å²) in [6, 6.07) is 4.54. The predicted molar refractivity (Wildman–Crippen MR) is 120 cm³/mol. The number of nitrogens with zero attached hydrogens (tertiary/aromatic N) is 2. The van der Waals surface area contributed by atoms with E-state index in [0.29, 0.717) is 42.1 Å². The summed E-state index contributed by atoms with van der Waals surface area (Å²) in [4.78, 5) is 30.4. The zero-order chi connectivity index (χ0) is 22.6. The molecule has 2 heterocycles. The summed E-state index contributed by atoms with van der Waals surface area (Å²) in [5, 5.41) is 5.45. The van der Waals surface area contributed by atoms with Crippen LogP contribution >= 0.6 is 15.9 Å². The van der Waals surface area contributed by atoms with Crippen LogP contribution in [-0.4, -0.2) is 55.7 Å². The molecule has 1 saturated heterocycles. The number of hydrogen-bond donors (Lipinski definition) is 2. The molecule has 0 radical (unpaired) electrons. The Kier molecular flexibility index (Phi) is 7.32. The first-order valence-electron chi connectivity index (χ1n) is 9.99. The molecule has 31 heavy (non-hydrogen) atoms. The number of hydrogen-bond acceptors (Lipinski definition) is 6. The van der Waals surface area contributed by atoms with Crippen molar-refractivity contribution in [1.29, 1.82) is 0 Å². The zero-order valence-electron chi connectivity index (χ0n) is 17.7. The fraction of sp³-hybridized carbons (Fsp3) is 0.476. The molecule has 2 N–H and O–H groups in total. The molecule has 2 aliphatic heterocycles. The highest BCUT2D eigenvalue weighted by atomic mass is 79.9. The van der Waals surface area contributed by atoms with Gasteiger partial charge in [0, 0.05) is 26.1 Å². The minimum atomic E-state index is -0.599. The largest absolute Gasteiger partial charge is 0.444 e. The molecule has 1 fully saturated rings. The summed E-state index contributed by atoms with van der Waals surface area (Å²) in [5.41, 5.74) is 0.394. The molecule has 0 aliphatic carbocycles. The van der Waals surface area contributed by atoms with Crippen LogP contribution in [0.2, 0.25) is 0 Å². The third-order valence-electron chi connectivity index (χ3n) is 4.53. The van der Waals surface area contributed by atoms with Crippen molar-refractivity contribution >= 4 is 45.0 Å². The van der Waals surface area contributed by atoms with Gasteiger partial charge in [0.25, 0.3) is 5.91 Å². The molecule has 1 atom stereocenters. The Morgan fingerprint density at radius 2 is 2.16 bits per heavy atom. The van der Waals surface area contributed by atoms with Crippen molar-refractivity contribution in [3.05, 3.63) is 34.7 Å². The molecule has 0 aromatic heterocycles. The molecule has 0 bridgehead atoms. The van der Waals surface area contributed by atoms with Gasteiger partial charge >= 0.3 is 6.09 Å². The van der Waals surface area contributed by atoms with Crippen LogP contribution in [0.4, 0.5) is 20.6 Å². The summed E-state index contributed by atoms with van der Waals surface area (Å²) in [6.07, 6.45) is 1.30. The number of nitrogens with one attached hydrogen (secondary N) is 2. The number of allylic oxidation sites excluding steroid dienone is 1. The first-order valence-corrected chi connectivity index (χ1v) is 10.8. The molecule has 1 aromatic rings. The lowest BCUT2D eigenvalue weighted by Crippen LogP contribution is -2.48. The summed E-state index contributed by atoms with van der Waals surface area (Å²) < 4.78 is 26.3. The van der Waals surface area contributed by atoms with Gasteiger partial charge < -0.3 is 25.0 Å². The molecule has 2 aliphatic rings. The zero-order valence-corrected chi connectivity index (χ0v) is 19.3. The smallest absolute Gasteiger partial charge is 0.407 e. The Bertz CT molecular complexity index is 913. The van der Waals surface area contributed by atoms with Crippen molar-refractivity contribution in [3.8, 4) is 0 Å². The van der Waals surface area contributed by atoms with E-state index in [4.69, 9.17) is 9.47 Å². The maximum absolute atomic E-state index is 14.8. The van der Waals surface area contributed by atoms with Gasteiger partial charge in [-0.15, -0.1) is 0 Å². The monoisotopic (exact) mass is 496 g/mol. The van der Waals surface area contributed by atoms with Gasteiger partial charge in [0.1, 0.15) is 21.7 Å². The summed E-state index contributed by atoms with van der Waals surface area (Å²) in [6.45, 7) is 6.71. The fourth-order valence-electron chi connectivity index (χ4n) is 3.23. The second-order valence-electron chi connectivity index (χ2n) is 8.20. The minimum Gasteiger partial charge on any atom is -0.444 e. The van der Waals surface area contributed by atoms with E-state index >= 15 is 0 Å². The number of rotatable bonds is 5. The van der Waals surface area contributed by atoms with Crippen LogP contribution in [0.15, 0.2) is 33.9 Å². The highest BCUT2D eigenvalue weighted by molar-refractivity contribution is 9.11. The van der Waals surface area contributed by atoms with Crippen LogP contribution in [0, 0.1) is 5.82 Å². The average molecular weight is 497 g/mol. The van der Waals surface area contributed by atoms with Crippen molar-refractivity contribution in [3.63, 3.8) is 0 Å². The Balaban J connectivity index is 1.67. The number of anilines is 2. The molecule has 1 aromatic carbocycles. The number of halogens is 2. The van der Waals surface area contributed by atoms with Crippen molar-refractivity contribution in [2.75, 3.05) is 36.5 Å². The van der Waals surface area contributed by atoms with Crippen molar-refractivity contribution in [2.45, 2.75) is 38.9 Å². The summed E-state index contributed by atoms with van der Waals surface area (Å²) in [7, 11) is 0. The summed E-state index contributed by atoms with van der Waals surface area (Å²) in [5.74, 6) is -0.833. The Hall–Kier alpha value is -2.46. The highest BCUT2D eigenvalue weighted by Crippen LogP contribution is 2.31. The fourth-order valence-corrected chi connectivity index (χ4v) is 3.61. The number of alkyl carbamates (subject to hydrolysis) is 1. The lowest BCUT2D eigenvalue weighted by Gasteiger charge is -2.35. The predicted octanol–water partition coefficient (Wildman–Crippen LogP) is 3.58. The van der Waals surface area contributed by atoms with Gasteiger partial charge in [-0.1, -0.05) is 6.07 Å². The third-order valence-corrected chi connectivity index (χ3v) is 5.03. The van der Waals surface area contributed by atoms with Gasteiger partial charge in [-0.05, 0) is 54.9 Å². The van der Waals surface area contributed by atoms with Crippen molar-refractivity contribution < 1.29 is 23.5 Å². The number of amides is 2.